The highest BCUT2D eigenvalue weighted by atomic mass is 35.5. The lowest BCUT2D eigenvalue weighted by Crippen LogP contribution is -2.20. The smallest absolute Gasteiger partial charge is 0.224 e. The molecule has 1 N–H and O–H groups in total. The lowest BCUT2D eigenvalue weighted by Gasteiger charge is -2.21. The summed E-state index contributed by atoms with van der Waals surface area (Å²) in [5.74, 6) is 0.0682. The summed E-state index contributed by atoms with van der Waals surface area (Å²) in [6, 6.07) is 9.55. The van der Waals surface area contributed by atoms with E-state index in [1.807, 2.05) is 30.3 Å². The fraction of sp³-hybridized carbons (Fsp3) is 0.200. The Balaban J connectivity index is 2.01. The Hall–Kier alpha value is -1.87. The molecule has 0 fully saturated rings. The van der Waals surface area contributed by atoms with Crippen molar-refractivity contribution in [2.75, 3.05) is 5.32 Å². The van der Waals surface area contributed by atoms with Gasteiger partial charge in [-0.2, -0.15) is 0 Å². The largest absolute Gasteiger partial charge is 0.326 e. The van der Waals surface area contributed by atoms with Crippen molar-refractivity contribution in [3.05, 3.63) is 58.4 Å². The molecule has 4 heteroatoms. The van der Waals surface area contributed by atoms with Crippen molar-refractivity contribution in [2.24, 2.45) is 0 Å². The predicted molar refractivity (Wildman–Crippen MR) is 75.4 cm³/mol. The number of carbonyl (C=O) groups excluding carboxylic acids is 1. The zero-order chi connectivity index (χ0) is 13.2. The molecule has 1 aromatic carbocycles. The number of halogens is 1. The van der Waals surface area contributed by atoms with Crippen LogP contribution in [-0.4, -0.2) is 10.9 Å². The molecule has 0 bridgehead atoms. The summed E-state index contributed by atoms with van der Waals surface area (Å²) >= 11 is 6.31. The van der Waals surface area contributed by atoms with Crippen molar-refractivity contribution in [3.63, 3.8) is 0 Å². The van der Waals surface area contributed by atoms with Crippen LogP contribution in [0.25, 0.3) is 0 Å². The van der Waals surface area contributed by atoms with Gasteiger partial charge in [0.2, 0.25) is 5.91 Å². The highest BCUT2D eigenvalue weighted by Crippen LogP contribution is 2.32. The maximum atomic E-state index is 11.4. The van der Waals surface area contributed by atoms with E-state index in [0.717, 1.165) is 34.0 Å². The lowest BCUT2D eigenvalue weighted by atomic mass is 9.94. The molecule has 19 heavy (non-hydrogen) atoms. The van der Waals surface area contributed by atoms with E-state index >= 15 is 0 Å². The van der Waals surface area contributed by atoms with Gasteiger partial charge in [0, 0.05) is 35.4 Å². The van der Waals surface area contributed by atoms with E-state index in [4.69, 9.17) is 11.6 Å². The van der Waals surface area contributed by atoms with Crippen LogP contribution in [-0.2, 0) is 17.6 Å². The van der Waals surface area contributed by atoms with Gasteiger partial charge in [0.05, 0.1) is 0 Å². The Morgan fingerprint density at radius 1 is 1.21 bits per heavy atom. The van der Waals surface area contributed by atoms with Gasteiger partial charge in [-0.05, 0) is 41.8 Å². The molecular formula is C15H13ClN2O. The normalized spacial score (nSPS) is 13.8. The highest BCUT2D eigenvalue weighted by molar-refractivity contribution is 6.31. The van der Waals surface area contributed by atoms with Crippen LogP contribution in [0.4, 0.5) is 5.69 Å². The molecule has 96 valence electrons. The lowest BCUT2D eigenvalue weighted by molar-refractivity contribution is -0.116. The van der Waals surface area contributed by atoms with Crippen LogP contribution in [0.1, 0.15) is 23.2 Å². The summed E-state index contributed by atoms with van der Waals surface area (Å²) < 4.78 is 0. The second kappa shape index (κ2) is 5.02. The summed E-state index contributed by atoms with van der Waals surface area (Å²) in [7, 11) is 0. The molecular weight excluding hydrogens is 260 g/mol. The quantitative estimate of drug-likeness (QED) is 0.912. The van der Waals surface area contributed by atoms with E-state index in [0.29, 0.717) is 12.8 Å². The van der Waals surface area contributed by atoms with E-state index in [1.54, 1.807) is 6.20 Å². The topological polar surface area (TPSA) is 42.0 Å². The van der Waals surface area contributed by atoms with Crippen LogP contribution < -0.4 is 5.32 Å². The Morgan fingerprint density at radius 2 is 2.11 bits per heavy atom. The van der Waals surface area contributed by atoms with E-state index in [1.165, 1.54) is 0 Å². The number of benzene rings is 1. The van der Waals surface area contributed by atoms with Crippen molar-refractivity contribution in [1.29, 1.82) is 0 Å². The number of fused-ring (bicyclic) bond motifs is 1. The molecule has 0 aliphatic carbocycles. The fourth-order valence-corrected chi connectivity index (χ4v) is 2.64. The first-order valence-corrected chi connectivity index (χ1v) is 6.62. The van der Waals surface area contributed by atoms with Gasteiger partial charge >= 0.3 is 0 Å². The fourth-order valence-electron chi connectivity index (χ4n) is 2.39. The van der Waals surface area contributed by atoms with Crippen LogP contribution >= 0.6 is 11.6 Å². The summed E-state index contributed by atoms with van der Waals surface area (Å²) in [5, 5.41) is 3.63. The van der Waals surface area contributed by atoms with Crippen molar-refractivity contribution in [1.82, 2.24) is 4.98 Å². The van der Waals surface area contributed by atoms with Crippen LogP contribution in [0, 0.1) is 0 Å². The van der Waals surface area contributed by atoms with Crippen LogP contribution in [0.15, 0.2) is 36.5 Å². The minimum atomic E-state index is 0.0682. The third-order valence-corrected chi connectivity index (χ3v) is 3.69. The number of aromatic nitrogens is 1. The molecule has 0 saturated carbocycles. The molecule has 1 amide bonds. The Labute approximate surface area is 116 Å². The maximum absolute atomic E-state index is 11.4. The number of anilines is 1. The molecule has 1 aromatic heterocycles. The van der Waals surface area contributed by atoms with E-state index < -0.39 is 0 Å². The number of hydrogen-bond donors (Lipinski definition) is 1. The molecule has 3 rings (SSSR count). The maximum Gasteiger partial charge on any atom is 0.224 e. The van der Waals surface area contributed by atoms with Gasteiger partial charge < -0.3 is 5.32 Å². The van der Waals surface area contributed by atoms with Crippen molar-refractivity contribution in [2.45, 2.75) is 19.3 Å². The van der Waals surface area contributed by atoms with Crippen molar-refractivity contribution in [3.8, 4) is 0 Å². The summed E-state index contributed by atoms with van der Waals surface area (Å²) in [6.07, 6.45) is 3.73. The minimum absolute atomic E-state index is 0.0682. The molecule has 0 spiro atoms. The van der Waals surface area contributed by atoms with Gasteiger partial charge in [-0.15, -0.1) is 0 Å². The number of rotatable bonds is 2. The van der Waals surface area contributed by atoms with Gasteiger partial charge in [0.25, 0.3) is 0 Å². The van der Waals surface area contributed by atoms with Gasteiger partial charge in [0.1, 0.15) is 0 Å². The zero-order valence-corrected chi connectivity index (χ0v) is 11.1. The third-order valence-electron chi connectivity index (χ3n) is 3.33. The first-order chi connectivity index (χ1) is 9.24. The SMILES string of the molecule is O=C1CCc2c(ccc(Cl)c2Cc2ccccn2)N1. The van der Waals surface area contributed by atoms with Gasteiger partial charge in [-0.3, -0.25) is 9.78 Å². The van der Waals surface area contributed by atoms with Gasteiger partial charge in [-0.1, -0.05) is 17.7 Å². The van der Waals surface area contributed by atoms with E-state index in [-0.39, 0.29) is 5.91 Å². The molecule has 0 atom stereocenters. The number of nitrogens with zero attached hydrogens (tertiary/aromatic N) is 1. The molecule has 0 unspecified atom stereocenters. The number of pyridine rings is 1. The molecule has 1 aliphatic heterocycles. The standard InChI is InChI=1S/C15H13ClN2O/c16-13-5-6-14-11(4-7-15(19)18-14)12(13)9-10-3-1-2-8-17-10/h1-3,5-6,8H,4,7,9H2,(H,18,19). The third kappa shape index (κ3) is 2.47. The molecule has 2 aromatic rings. The van der Waals surface area contributed by atoms with Crippen molar-refractivity contribution >= 4 is 23.2 Å². The molecule has 0 saturated heterocycles. The minimum Gasteiger partial charge on any atom is -0.326 e. The second-order valence-electron chi connectivity index (χ2n) is 4.60. The van der Waals surface area contributed by atoms with E-state index in [9.17, 15) is 4.79 Å². The molecule has 2 heterocycles. The highest BCUT2D eigenvalue weighted by Gasteiger charge is 2.19. The summed E-state index contributed by atoms with van der Waals surface area (Å²) in [4.78, 5) is 15.8. The summed E-state index contributed by atoms with van der Waals surface area (Å²) in [5.41, 5.74) is 4.07. The first-order valence-electron chi connectivity index (χ1n) is 6.24. The molecule has 3 nitrogen and oxygen atoms in total. The Bertz CT molecular complexity index is 626. The monoisotopic (exact) mass is 272 g/mol. The molecule has 0 radical (unpaired) electrons. The number of amides is 1. The first kappa shape index (κ1) is 12.2. The van der Waals surface area contributed by atoms with Gasteiger partial charge in [-0.25, -0.2) is 0 Å². The van der Waals surface area contributed by atoms with Crippen LogP contribution in [0.5, 0.6) is 0 Å². The Morgan fingerprint density at radius 3 is 2.89 bits per heavy atom. The zero-order valence-electron chi connectivity index (χ0n) is 10.3. The Kier molecular flexibility index (Phi) is 3.22. The van der Waals surface area contributed by atoms with E-state index in [2.05, 4.69) is 10.3 Å². The number of hydrogen-bond acceptors (Lipinski definition) is 2. The van der Waals surface area contributed by atoms with Crippen LogP contribution in [0.2, 0.25) is 5.02 Å². The van der Waals surface area contributed by atoms with Crippen molar-refractivity contribution < 1.29 is 4.79 Å². The second-order valence-corrected chi connectivity index (χ2v) is 5.01. The average Bonchev–Trinajstić information content (AvgIpc) is 2.43. The van der Waals surface area contributed by atoms with Crippen LogP contribution in [0.3, 0.4) is 0 Å². The van der Waals surface area contributed by atoms with Gasteiger partial charge in [0.15, 0.2) is 0 Å². The number of nitrogens with one attached hydrogen (secondary N) is 1. The number of carbonyl (C=O) groups is 1. The molecule has 1 aliphatic rings. The summed E-state index contributed by atoms with van der Waals surface area (Å²) in [6.45, 7) is 0. The predicted octanol–water partition coefficient (Wildman–Crippen LogP) is 3.21. The average molecular weight is 273 g/mol.